The Morgan fingerprint density at radius 1 is 1.47 bits per heavy atom. The second-order valence-electron chi connectivity index (χ2n) is 5.10. The molecule has 2 N–H and O–H groups in total. The van der Waals surface area contributed by atoms with Crippen molar-refractivity contribution in [1.82, 2.24) is 4.90 Å². The minimum atomic E-state index is 0.135. The highest BCUT2D eigenvalue weighted by Gasteiger charge is 2.32. The number of methoxy groups -OCH3 is 1. The largest absolute Gasteiger partial charge is 0.496 e. The number of hydrogen-bond acceptors (Lipinski definition) is 3. The maximum Gasteiger partial charge on any atom is 0.219 e. The van der Waals surface area contributed by atoms with E-state index < -0.39 is 0 Å². The zero-order valence-electron chi connectivity index (χ0n) is 11.6. The molecule has 2 rings (SSSR count). The molecule has 1 saturated heterocycles. The number of carbonyl (C=O) groups excluding carboxylic acids is 1. The molecule has 104 valence electrons. The van der Waals surface area contributed by atoms with Gasteiger partial charge in [-0.2, -0.15) is 0 Å². The molecule has 0 bridgehead atoms. The van der Waals surface area contributed by atoms with E-state index in [4.69, 9.17) is 10.5 Å². The third-order valence-electron chi connectivity index (χ3n) is 4.04. The number of piperidine rings is 1. The summed E-state index contributed by atoms with van der Waals surface area (Å²) in [5, 5.41) is 0. The average Bonchev–Trinajstić information content (AvgIpc) is 2.46. The molecular formula is C15H22N2O2. The monoisotopic (exact) mass is 262 g/mol. The van der Waals surface area contributed by atoms with Crippen LogP contribution < -0.4 is 10.5 Å². The normalized spacial score (nSPS) is 23.2. The van der Waals surface area contributed by atoms with Crippen LogP contribution in [0.1, 0.15) is 24.8 Å². The highest BCUT2D eigenvalue weighted by atomic mass is 16.5. The quantitative estimate of drug-likeness (QED) is 0.900. The Labute approximate surface area is 114 Å². The van der Waals surface area contributed by atoms with Crippen LogP contribution in [0.4, 0.5) is 0 Å². The second kappa shape index (κ2) is 6.06. The summed E-state index contributed by atoms with van der Waals surface area (Å²) in [6, 6.07) is 8.02. The topological polar surface area (TPSA) is 55.6 Å². The molecule has 0 spiro atoms. The van der Waals surface area contributed by atoms with Gasteiger partial charge in [0.05, 0.1) is 7.11 Å². The molecule has 2 atom stereocenters. The van der Waals surface area contributed by atoms with E-state index in [1.165, 1.54) is 0 Å². The lowest BCUT2D eigenvalue weighted by atomic mass is 9.80. The van der Waals surface area contributed by atoms with Crippen molar-refractivity contribution < 1.29 is 9.53 Å². The molecule has 2 unspecified atom stereocenters. The fourth-order valence-electron chi connectivity index (χ4n) is 2.89. The highest BCUT2D eigenvalue weighted by Crippen LogP contribution is 2.36. The summed E-state index contributed by atoms with van der Waals surface area (Å²) < 4.78 is 5.44. The first kappa shape index (κ1) is 13.9. The molecule has 0 aromatic heterocycles. The molecule has 1 aromatic rings. The molecule has 0 saturated carbocycles. The van der Waals surface area contributed by atoms with Gasteiger partial charge in [0, 0.05) is 25.9 Å². The number of amides is 1. The molecule has 0 radical (unpaired) electrons. The molecular weight excluding hydrogens is 240 g/mol. The number of para-hydroxylation sites is 1. The molecule has 1 aliphatic heterocycles. The van der Waals surface area contributed by atoms with Gasteiger partial charge in [0.15, 0.2) is 0 Å². The molecule has 1 aromatic carbocycles. The summed E-state index contributed by atoms with van der Waals surface area (Å²) in [5.74, 6) is 1.69. The standard InChI is InChI=1S/C15H22N2O2/c1-11(18)17-8-7-12(9-16)14(10-17)13-5-3-4-6-15(13)19-2/h3-6,12,14H,7-10,16H2,1-2H3. The van der Waals surface area contributed by atoms with Crippen LogP contribution in [-0.2, 0) is 4.79 Å². The van der Waals surface area contributed by atoms with E-state index in [1.54, 1.807) is 14.0 Å². The predicted molar refractivity (Wildman–Crippen MR) is 75.2 cm³/mol. The van der Waals surface area contributed by atoms with Crippen LogP contribution in [0.15, 0.2) is 24.3 Å². The molecule has 4 nitrogen and oxygen atoms in total. The van der Waals surface area contributed by atoms with Crippen LogP contribution >= 0.6 is 0 Å². The summed E-state index contributed by atoms with van der Waals surface area (Å²) in [6.07, 6.45) is 0.957. The number of likely N-dealkylation sites (tertiary alicyclic amines) is 1. The highest BCUT2D eigenvalue weighted by molar-refractivity contribution is 5.73. The van der Waals surface area contributed by atoms with Crippen LogP contribution in [0.5, 0.6) is 5.75 Å². The fraction of sp³-hybridized carbons (Fsp3) is 0.533. The lowest BCUT2D eigenvalue weighted by molar-refractivity contribution is -0.130. The van der Waals surface area contributed by atoms with Crippen LogP contribution in [0, 0.1) is 5.92 Å². The number of benzene rings is 1. The van der Waals surface area contributed by atoms with Gasteiger partial charge in [0.25, 0.3) is 0 Å². The number of carbonyl (C=O) groups is 1. The number of rotatable bonds is 3. The van der Waals surface area contributed by atoms with Gasteiger partial charge in [-0.3, -0.25) is 4.79 Å². The van der Waals surface area contributed by atoms with Gasteiger partial charge in [-0.25, -0.2) is 0 Å². The van der Waals surface area contributed by atoms with Crippen LogP contribution in [-0.4, -0.2) is 37.6 Å². The van der Waals surface area contributed by atoms with Crippen LogP contribution in [0.2, 0.25) is 0 Å². The third kappa shape index (κ3) is 2.89. The summed E-state index contributed by atoms with van der Waals surface area (Å²) in [7, 11) is 1.68. The van der Waals surface area contributed by atoms with Crippen molar-refractivity contribution in [3.05, 3.63) is 29.8 Å². The Morgan fingerprint density at radius 2 is 2.21 bits per heavy atom. The number of nitrogens with two attached hydrogens (primary N) is 1. The summed E-state index contributed by atoms with van der Waals surface area (Å²) in [5.41, 5.74) is 7.06. The number of ether oxygens (including phenoxy) is 1. The first-order chi connectivity index (χ1) is 9.17. The van der Waals surface area contributed by atoms with Crippen molar-refractivity contribution in [3.8, 4) is 5.75 Å². The van der Waals surface area contributed by atoms with E-state index >= 15 is 0 Å². The third-order valence-corrected chi connectivity index (χ3v) is 4.04. The van der Waals surface area contributed by atoms with Gasteiger partial charge in [0.2, 0.25) is 5.91 Å². The maximum absolute atomic E-state index is 11.6. The second-order valence-corrected chi connectivity index (χ2v) is 5.10. The molecule has 1 aliphatic rings. The Hall–Kier alpha value is -1.55. The molecule has 4 heteroatoms. The van der Waals surface area contributed by atoms with Crippen molar-refractivity contribution in [3.63, 3.8) is 0 Å². The molecule has 1 amide bonds. The smallest absolute Gasteiger partial charge is 0.219 e. The molecule has 0 aliphatic carbocycles. The van der Waals surface area contributed by atoms with Gasteiger partial charge in [0.1, 0.15) is 5.75 Å². The van der Waals surface area contributed by atoms with Crippen molar-refractivity contribution in [2.45, 2.75) is 19.3 Å². The Balaban J connectivity index is 2.29. The minimum Gasteiger partial charge on any atom is -0.496 e. The van der Waals surface area contributed by atoms with E-state index in [1.807, 2.05) is 23.1 Å². The van der Waals surface area contributed by atoms with Crippen molar-refractivity contribution in [2.75, 3.05) is 26.7 Å². The maximum atomic E-state index is 11.6. The Bertz CT molecular complexity index is 448. The van der Waals surface area contributed by atoms with Gasteiger partial charge >= 0.3 is 0 Å². The van der Waals surface area contributed by atoms with Crippen molar-refractivity contribution in [1.29, 1.82) is 0 Å². The van der Waals surface area contributed by atoms with Gasteiger partial charge < -0.3 is 15.4 Å². The Kier molecular flexibility index (Phi) is 4.43. The number of hydrogen-bond donors (Lipinski definition) is 1. The van der Waals surface area contributed by atoms with E-state index in [0.29, 0.717) is 12.5 Å². The van der Waals surface area contributed by atoms with Gasteiger partial charge in [-0.05, 0) is 30.5 Å². The SMILES string of the molecule is COc1ccccc1C1CN(C(C)=O)CCC1CN. The molecule has 19 heavy (non-hydrogen) atoms. The van der Waals surface area contributed by atoms with Crippen LogP contribution in [0.3, 0.4) is 0 Å². The van der Waals surface area contributed by atoms with E-state index in [0.717, 1.165) is 30.8 Å². The summed E-state index contributed by atoms with van der Waals surface area (Å²) >= 11 is 0. The molecule has 1 heterocycles. The fourth-order valence-corrected chi connectivity index (χ4v) is 2.89. The van der Waals surface area contributed by atoms with E-state index in [-0.39, 0.29) is 11.8 Å². The van der Waals surface area contributed by atoms with Gasteiger partial charge in [-0.1, -0.05) is 18.2 Å². The summed E-state index contributed by atoms with van der Waals surface area (Å²) in [4.78, 5) is 13.5. The van der Waals surface area contributed by atoms with Crippen LogP contribution in [0.25, 0.3) is 0 Å². The lowest BCUT2D eigenvalue weighted by Crippen LogP contribution is -2.43. The van der Waals surface area contributed by atoms with Gasteiger partial charge in [-0.15, -0.1) is 0 Å². The van der Waals surface area contributed by atoms with Crippen molar-refractivity contribution in [2.24, 2.45) is 11.7 Å². The Morgan fingerprint density at radius 3 is 2.84 bits per heavy atom. The van der Waals surface area contributed by atoms with E-state index in [9.17, 15) is 4.79 Å². The first-order valence-electron chi connectivity index (χ1n) is 6.75. The average molecular weight is 262 g/mol. The van der Waals surface area contributed by atoms with E-state index in [2.05, 4.69) is 6.07 Å². The summed E-state index contributed by atoms with van der Waals surface area (Å²) in [6.45, 7) is 3.82. The lowest BCUT2D eigenvalue weighted by Gasteiger charge is -2.38. The number of nitrogens with zero attached hydrogens (tertiary/aromatic N) is 1. The minimum absolute atomic E-state index is 0.135. The molecule has 1 fully saturated rings. The zero-order valence-corrected chi connectivity index (χ0v) is 11.6. The first-order valence-corrected chi connectivity index (χ1v) is 6.75. The zero-order chi connectivity index (χ0) is 13.8. The predicted octanol–water partition coefficient (Wildman–Crippen LogP) is 1.61. The van der Waals surface area contributed by atoms with Crippen molar-refractivity contribution >= 4 is 5.91 Å².